The van der Waals surface area contributed by atoms with E-state index in [0.29, 0.717) is 11.8 Å². The molecule has 0 unspecified atom stereocenters. The van der Waals surface area contributed by atoms with Crippen LogP contribution in [0, 0.1) is 11.8 Å². The maximum atomic E-state index is 5.01. The van der Waals surface area contributed by atoms with Gasteiger partial charge in [0.15, 0.2) is 0 Å². The van der Waals surface area contributed by atoms with Crippen molar-refractivity contribution >= 4 is 11.4 Å². The van der Waals surface area contributed by atoms with Crippen molar-refractivity contribution in [2.75, 3.05) is 6.54 Å². The van der Waals surface area contributed by atoms with Crippen LogP contribution in [0.25, 0.3) is 5.70 Å². The molecule has 2 heteroatoms. The van der Waals surface area contributed by atoms with Crippen LogP contribution in [0.5, 0.6) is 0 Å². The predicted molar refractivity (Wildman–Crippen MR) is 114 cm³/mol. The molecular weight excluding hydrogens is 316 g/mol. The Morgan fingerprint density at radius 2 is 1.81 bits per heavy atom. The summed E-state index contributed by atoms with van der Waals surface area (Å²) in [4.78, 5) is 5.01. The van der Waals surface area contributed by atoms with E-state index in [2.05, 4.69) is 64.2 Å². The average molecular weight is 353 g/mol. The SMILES string of the molecule is CC/N=C(\C1=C(c2ccc(CC(C)C)cc2)NC(C)(C)C1)C1CCCC1. The van der Waals surface area contributed by atoms with Gasteiger partial charge in [-0.15, -0.1) is 0 Å². The van der Waals surface area contributed by atoms with Gasteiger partial charge in [-0.2, -0.15) is 0 Å². The normalized spacial score (nSPS) is 20.9. The van der Waals surface area contributed by atoms with E-state index in [0.717, 1.165) is 19.4 Å². The van der Waals surface area contributed by atoms with Gasteiger partial charge in [0, 0.05) is 29.4 Å². The van der Waals surface area contributed by atoms with Crippen LogP contribution in [-0.4, -0.2) is 17.8 Å². The van der Waals surface area contributed by atoms with E-state index in [4.69, 9.17) is 4.99 Å². The van der Waals surface area contributed by atoms with E-state index < -0.39 is 0 Å². The van der Waals surface area contributed by atoms with Crippen molar-refractivity contribution in [3.05, 3.63) is 41.0 Å². The van der Waals surface area contributed by atoms with Gasteiger partial charge in [-0.3, -0.25) is 4.99 Å². The summed E-state index contributed by atoms with van der Waals surface area (Å²) < 4.78 is 0. The van der Waals surface area contributed by atoms with E-state index in [1.807, 2.05) is 0 Å². The zero-order chi connectivity index (χ0) is 18.7. The molecule has 1 saturated carbocycles. The summed E-state index contributed by atoms with van der Waals surface area (Å²) >= 11 is 0. The smallest absolute Gasteiger partial charge is 0.0469 e. The summed E-state index contributed by atoms with van der Waals surface area (Å²) in [5.41, 5.74) is 7.05. The fraction of sp³-hybridized carbons (Fsp3) is 0.625. The Balaban J connectivity index is 1.96. The zero-order valence-corrected chi connectivity index (χ0v) is 17.4. The summed E-state index contributed by atoms with van der Waals surface area (Å²) in [5.74, 6) is 1.36. The minimum Gasteiger partial charge on any atom is -0.379 e. The molecule has 1 fully saturated rings. The number of aliphatic imine (C=N–C) groups is 1. The van der Waals surface area contributed by atoms with Crippen LogP contribution in [0.2, 0.25) is 0 Å². The molecule has 1 aliphatic carbocycles. The summed E-state index contributed by atoms with van der Waals surface area (Å²) in [5, 5.41) is 3.82. The third-order valence-electron chi connectivity index (χ3n) is 5.65. The molecule has 1 N–H and O–H groups in total. The maximum absolute atomic E-state index is 5.01. The lowest BCUT2D eigenvalue weighted by atomic mass is 9.88. The number of nitrogens with one attached hydrogen (secondary N) is 1. The molecule has 26 heavy (non-hydrogen) atoms. The average Bonchev–Trinajstić information content (AvgIpc) is 3.20. The summed E-state index contributed by atoms with van der Waals surface area (Å²) in [6.45, 7) is 12.2. The summed E-state index contributed by atoms with van der Waals surface area (Å²) in [6.07, 6.45) is 7.56. The molecule has 0 atom stereocenters. The third-order valence-corrected chi connectivity index (χ3v) is 5.65. The molecule has 2 aliphatic rings. The predicted octanol–water partition coefficient (Wildman–Crippen LogP) is 6.02. The van der Waals surface area contributed by atoms with Crippen LogP contribution >= 0.6 is 0 Å². The van der Waals surface area contributed by atoms with Crippen molar-refractivity contribution in [2.45, 2.75) is 78.7 Å². The van der Waals surface area contributed by atoms with E-state index >= 15 is 0 Å². The lowest BCUT2D eigenvalue weighted by molar-refractivity contribution is 0.479. The second kappa shape index (κ2) is 7.98. The highest BCUT2D eigenvalue weighted by Gasteiger charge is 2.35. The van der Waals surface area contributed by atoms with Crippen molar-refractivity contribution in [3.63, 3.8) is 0 Å². The lowest BCUT2D eigenvalue weighted by Crippen LogP contribution is -2.32. The Morgan fingerprint density at radius 1 is 1.15 bits per heavy atom. The number of benzene rings is 1. The Labute approximate surface area is 160 Å². The van der Waals surface area contributed by atoms with Crippen LogP contribution in [0.4, 0.5) is 0 Å². The van der Waals surface area contributed by atoms with E-state index in [1.165, 1.54) is 53.8 Å². The molecule has 0 saturated heterocycles. The fourth-order valence-corrected chi connectivity index (χ4v) is 4.57. The first-order valence-corrected chi connectivity index (χ1v) is 10.5. The number of nitrogens with zero attached hydrogens (tertiary/aromatic N) is 1. The van der Waals surface area contributed by atoms with Crippen molar-refractivity contribution in [1.29, 1.82) is 0 Å². The monoisotopic (exact) mass is 352 g/mol. The second-order valence-corrected chi connectivity index (χ2v) is 9.18. The molecule has 0 radical (unpaired) electrons. The number of rotatable bonds is 6. The molecule has 3 rings (SSSR count). The number of hydrogen-bond donors (Lipinski definition) is 1. The van der Waals surface area contributed by atoms with Gasteiger partial charge in [0.25, 0.3) is 0 Å². The minimum atomic E-state index is 0.106. The topological polar surface area (TPSA) is 24.4 Å². The van der Waals surface area contributed by atoms with Gasteiger partial charge in [-0.1, -0.05) is 51.0 Å². The minimum absolute atomic E-state index is 0.106. The molecule has 2 nitrogen and oxygen atoms in total. The van der Waals surface area contributed by atoms with Crippen molar-refractivity contribution in [3.8, 4) is 0 Å². The highest BCUT2D eigenvalue weighted by atomic mass is 15.0. The Kier molecular flexibility index (Phi) is 5.89. The third kappa shape index (κ3) is 4.39. The van der Waals surface area contributed by atoms with Crippen LogP contribution in [0.15, 0.2) is 34.8 Å². The molecule has 142 valence electrons. The van der Waals surface area contributed by atoms with Crippen molar-refractivity contribution in [1.82, 2.24) is 5.32 Å². The van der Waals surface area contributed by atoms with Crippen LogP contribution in [0.3, 0.4) is 0 Å². The maximum Gasteiger partial charge on any atom is 0.0469 e. The molecule has 0 spiro atoms. The molecule has 0 aromatic heterocycles. The molecule has 1 aliphatic heterocycles. The first-order chi connectivity index (χ1) is 12.4. The van der Waals surface area contributed by atoms with Crippen molar-refractivity contribution < 1.29 is 0 Å². The Hall–Kier alpha value is -1.57. The van der Waals surface area contributed by atoms with E-state index in [9.17, 15) is 0 Å². The van der Waals surface area contributed by atoms with Crippen molar-refractivity contribution in [2.24, 2.45) is 16.8 Å². The number of hydrogen-bond acceptors (Lipinski definition) is 2. The highest BCUT2D eigenvalue weighted by molar-refractivity contribution is 6.08. The van der Waals surface area contributed by atoms with Gasteiger partial charge >= 0.3 is 0 Å². The molecule has 0 bridgehead atoms. The van der Waals surface area contributed by atoms with Gasteiger partial charge in [0.1, 0.15) is 0 Å². The van der Waals surface area contributed by atoms with Gasteiger partial charge in [0.2, 0.25) is 0 Å². The first kappa shape index (κ1) is 19.2. The quantitative estimate of drug-likeness (QED) is 0.622. The van der Waals surface area contributed by atoms with Crippen LogP contribution in [0.1, 0.15) is 77.8 Å². The molecule has 0 amide bonds. The second-order valence-electron chi connectivity index (χ2n) is 9.18. The van der Waals surface area contributed by atoms with Gasteiger partial charge < -0.3 is 5.32 Å². The summed E-state index contributed by atoms with van der Waals surface area (Å²) in [6, 6.07) is 9.22. The first-order valence-electron chi connectivity index (χ1n) is 10.5. The molecular formula is C24H36N2. The van der Waals surface area contributed by atoms with Gasteiger partial charge in [0.05, 0.1) is 0 Å². The Morgan fingerprint density at radius 3 is 2.38 bits per heavy atom. The van der Waals surface area contributed by atoms with Crippen LogP contribution < -0.4 is 5.32 Å². The van der Waals surface area contributed by atoms with Gasteiger partial charge in [-0.05, 0) is 69.1 Å². The molecule has 1 aromatic carbocycles. The standard InChI is InChI=1S/C24H36N2/c1-6-25-22(19-9-7-8-10-19)21-16-24(4,5)26-23(21)20-13-11-18(12-14-20)15-17(2)3/h11-14,17,19,26H,6-10,15-16H2,1-5H3/b25-22-. The summed E-state index contributed by atoms with van der Waals surface area (Å²) in [7, 11) is 0. The fourth-order valence-electron chi connectivity index (χ4n) is 4.57. The van der Waals surface area contributed by atoms with Crippen LogP contribution in [-0.2, 0) is 6.42 Å². The molecule has 1 aromatic rings. The highest BCUT2D eigenvalue weighted by Crippen LogP contribution is 2.38. The van der Waals surface area contributed by atoms with E-state index in [1.54, 1.807) is 0 Å². The lowest BCUT2D eigenvalue weighted by Gasteiger charge is -2.21. The largest absolute Gasteiger partial charge is 0.379 e. The van der Waals surface area contributed by atoms with E-state index in [-0.39, 0.29) is 5.54 Å². The molecule has 1 heterocycles. The zero-order valence-electron chi connectivity index (χ0n) is 17.4. The Bertz CT molecular complexity index is 671. The van der Waals surface area contributed by atoms with Gasteiger partial charge in [-0.25, -0.2) is 0 Å².